The maximum absolute atomic E-state index is 11.7. The first-order valence-electron chi connectivity index (χ1n) is 6.38. The summed E-state index contributed by atoms with van der Waals surface area (Å²) in [6.07, 6.45) is 1.94. The van der Waals surface area contributed by atoms with Gasteiger partial charge in [-0.25, -0.2) is 13.1 Å². The Morgan fingerprint density at radius 3 is 2.68 bits per heavy atom. The summed E-state index contributed by atoms with van der Waals surface area (Å²) < 4.78 is 31.1. The van der Waals surface area contributed by atoms with Gasteiger partial charge in [-0.3, -0.25) is 0 Å². The number of benzene rings is 1. The molecule has 1 aromatic carbocycles. The highest BCUT2D eigenvalue weighted by Crippen LogP contribution is 2.17. The molecule has 0 spiro atoms. The summed E-state index contributed by atoms with van der Waals surface area (Å²) in [7, 11) is -1.58. The van der Waals surface area contributed by atoms with Crippen LogP contribution in [-0.2, 0) is 16.4 Å². The van der Waals surface area contributed by atoms with Crippen molar-refractivity contribution in [2.45, 2.75) is 19.3 Å². The Morgan fingerprint density at radius 1 is 1.26 bits per heavy atom. The van der Waals surface area contributed by atoms with Gasteiger partial charge in [-0.1, -0.05) is 18.2 Å². The van der Waals surface area contributed by atoms with Gasteiger partial charge in [-0.2, -0.15) is 0 Å². The Labute approximate surface area is 115 Å². The molecule has 0 atom stereocenters. The summed E-state index contributed by atoms with van der Waals surface area (Å²) in [5.74, 6) is 0.917. The third-order valence-electron chi connectivity index (χ3n) is 2.78. The van der Waals surface area contributed by atoms with Crippen molar-refractivity contribution in [1.29, 1.82) is 0 Å². The van der Waals surface area contributed by atoms with Crippen molar-refractivity contribution in [2.24, 2.45) is 5.73 Å². The highest BCUT2D eigenvalue weighted by Gasteiger charge is 2.09. The number of hydrogen-bond donors (Lipinski definition) is 2. The average Bonchev–Trinajstić information content (AvgIpc) is 2.39. The summed E-state index contributed by atoms with van der Waals surface area (Å²) in [6, 6.07) is 7.60. The van der Waals surface area contributed by atoms with E-state index in [1.165, 1.54) is 0 Å². The van der Waals surface area contributed by atoms with E-state index in [9.17, 15) is 8.42 Å². The van der Waals surface area contributed by atoms with Crippen LogP contribution in [0.3, 0.4) is 0 Å². The van der Waals surface area contributed by atoms with Crippen molar-refractivity contribution in [3.8, 4) is 5.75 Å². The van der Waals surface area contributed by atoms with Gasteiger partial charge in [0.05, 0.1) is 12.9 Å². The number of nitrogens with two attached hydrogens (primary N) is 1. The maximum atomic E-state index is 11.7. The van der Waals surface area contributed by atoms with E-state index in [2.05, 4.69) is 4.72 Å². The van der Waals surface area contributed by atoms with Crippen LogP contribution >= 0.6 is 0 Å². The van der Waals surface area contributed by atoms with E-state index >= 15 is 0 Å². The molecule has 0 saturated carbocycles. The van der Waals surface area contributed by atoms with Crippen molar-refractivity contribution in [2.75, 3.05) is 26.0 Å². The summed E-state index contributed by atoms with van der Waals surface area (Å²) in [4.78, 5) is 0. The third-order valence-corrected chi connectivity index (χ3v) is 4.25. The van der Waals surface area contributed by atoms with Gasteiger partial charge in [0.25, 0.3) is 0 Å². The smallest absolute Gasteiger partial charge is 0.211 e. The molecular weight excluding hydrogens is 264 g/mol. The number of hydrogen-bond acceptors (Lipinski definition) is 4. The minimum absolute atomic E-state index is 0.135. The van der Waals surface area contributed by atoms with Gasteiger partial charge >= 0.3 is 0 Å². The lowest BCUT2D eigenvalue weighted by molar-refractivity contribution is 0.409. The predicted molar refractivity (Wildman–Crippen MR) is 76.8 cm³/mol. The molecular formula is C13H22N2O3S. The summed E-state index contributed by atoms with van der Waals surface area (Å²) >= 11 is 0. The molecule has 0 aliphatic carbocycles. The topological polar surface area (TPSA) is 81.4 Å². The lowest BCUT2D eigenvalue weighted by atomic mass is 10.1. The molecule has 0 unspecified atom stereocenters. The second kappa shape index (κ2) is 8.14. The van der Waals surface area contributed by atoms with Crippen LogP contribution < -0.4 is 15.2 Å². The fourth-order valence-corrected chi connectivity index (χ4v) is 2.90. The zero-order chi connectivity index (χ0) is 14.1. The third kappa shape index (κ3) is 6.04. The number of ether oxygens (including phenoxy) is 1. The van der Waals surface area contributed by atoms with Crippen LogP contribution in [0.2, 0.25) is 0 Å². The Bertz CT molecular complexity index is 475. The minimum Gasteiger partial charge on any atom is -0.496 e. The van der Waals surface area contributed by atoms with Crippen molar-refractivity contribution in [1.82, 2.24) is 4.72 Å². The number of nitrogens with one attached hydrogen (secondary N) is 1. The van der Waals surface area contributed by atoms with Gasteiger partial charge < -0.3 is 10.5 Å². The molecule has 0 bridgehead atoms. The summed E-state index contributed by atoms with van der Waals surface area (Å²) in [5.41, 5.74) is 6.33. The second-order valence-corrected chi connectivity index (χ2v) is 6.20. The monoisotopic (exact) mass is 286 g/mol. The van der Waals surface area contributed by atoms with Crippen molar-refractivity contribution < 1.29 is 13.2 Å². The predicted octanol–water partition coefficient (Wildman–Crippen LogP) is 0.896. The molecule has 0 saturated heterocycles. The molecule has 0 radical (unpaired) electrons. The van der Waals surface area contributed by atoms with Gasteiger partial charge in [-0.15, -0.1) is 0 Å². The fraction of sp³-hybridized carbons (Fsp3) is 0.538. The van der Waals surface area contributed by atoms with Crippen LogP contribution in [0.4, 0.5) is 0 Å². The molecule has 6 heteroatoms. The molecule has 0 amide bonds. The van der Waals surface area contributed by atoms with Crippen LogP contribution in [0, 0.1) is 0 Å². The molecule has 0 heterocycles. The molecule has 0 aromatic heterocycles. The van der Waals surface area contributed by atoms with Crippen molar-refractivity contribution >= 4 is 10.0 Å². The second-order valence-electron chi connectivity index (χ2n) is 4.27. The Kier molecular flexibility index (Phi) is 6.83. The molecule has 1 aromatic rings. The first kappa shape index (κ1) is 15.9. The Balaban J connectivity index is 2.41. The van der Waals surface area contributed by atoms with E-state index in [4.69, 9.17) is 10.5 Å². The van der Waals surface area contributed by atoms with E-state index in [-0.39, 0.29) is 5.75 Å². The highest BCUT2D eigenvalue weighted by molar-refractivity contribution is 7.89. The average molecular weight is 286 g/mol. The zero-order valence-corrected chi connectivity index (χ0v) is 12.1. The van der Waals surface area contributed by atoms with Gasteiger partial charge in [0.1, 0.15) is 5.75 Å². The van der Waals surface area contributed by atoms with Gasteiger partial charge in [0.2, 0.25) is 10.0 Å². The van der Waals surface area contributed by atoms with Gasteiger partial charge in [0.15, 0.2) is 0 Å². The number of sulfonamides is 1. The Hall–Kier alpha value is -1.11. The van der Waals surface area contributed by atoms with Crippen molar-refractivity contribution in [3.63, 3.8) is 0 Å². The zero-order valence-electron chi connectivity index (χ0n) is 11.3. The highest BCUT2D eigenvalue weighted by atomic mass is 32.2. The molecule has 108 valence electrons. The number of rotatable bonds is 9. The van der Waals surface area contributed by atoms with E-state index < -0.39 is 10.0 Å². The Morgan fingerprint density at radius 2 is 2.00 bits per heavy atom. The molecule has 0 fully saturated rings. The largest absolute Gasteiger partial charge is 0.496 e. The standard InChI is InChI=1S/C13H22N2O3S/c1-18-13-7-3-2-6-12(13)8-10-15-19(16,17)11-5-4-9-14/h2-3,6-7,15H,4-5,8-11,14H2,1H3. The summed E-state index contributed by atoms with van der Waals surface area (Å²) in [6.45, 7) is 0.905. The van der Waals surface area contributed by atoms with Crippen LogP contribution in [-0.4, -0.2) is 34.4 Å². The molecule has 0 aliphatic rings. The molecule has 1 rings (SSSR count). The molecule has 19 heavy (non-hydrogen) atoms. The lowest BCUT2D eigenvalue weighted by Crippen LogP contribution is -2.28. The van der Waals surface area contributed by atoms with E-state index in [0.717, 1.165) is 17.7 Å². The lowest BCUT2D eigenvalue weighted by Gasteiger charge is -2.09. The minimum atomic E-state index is -3.19. The maximum Gasteiger partial charge on any atom is 0.211 e. The van der Waals surface area contributed by atoms with E-state index in [1.54, 1.807) is 7.11 Å². The molecule has 3 N–H and O–H groups in total. The van der Waals surface area contributed by atoms with Gasteiger partial charge in [0, 0.05) is 6.54 Å². The first-order chi connectivity index (χ1) is 9.09. The van der Waals surface area contributed by atoms with Crippen LogP contribution in [0.25, 0.3) is 0 Å². The SMILES string of the molecule is COc1ccccc1CCNS(=O)(=O)CCCCN. The van der Waals surface area contributed by atoms with E-state index in [0.29, 0.717) is 25.9 Å². The van der Waals surface area contributed by atoms with Gasteiger partial charge in [-0.05, 0) is 37.4 Å². The van der Waals surface area contributed by atoms with Crippen molar-refractivity contribution in [3.05, 3.63) is 29.8 Å². The number of para-hydroxylation sites is 1. The normalized spacial score (nSPS) is 11.5. The molecule has 5 nitrogen and oxygen atoms in total. The van der Waals surface area contributed by atoms with E-state index in [1.807, 2.05) is 24.3 Å². The fourth-order valence-electron chi connectivity index (χ4n) is 1.76. The first-order valence-corrected chi connectivity index (χ1v) is 8.03. The van der Waals surface area contributed by atoms with Crippen LogP contribution in [0.1, 0.15) is 18.4 Å². The summed E-state index contributed by atoms with van der Waals surface area (Å²) in [5, 5.41) is 0. The quantitative estimate of drug-likeness (QED) is 0.661. The molecule has 0 aliphatic heterocycles. The van der Waals surface area contributed by atoms with Crippen LogP contribution in [0.15, 0.2) is 24.3 Å². The van der Waals surface area contributed by atoms with Crippen LogP contribution in [0.5, 0.6) is 5.75 Å². The number of unbranched alkanes of at least 4 members (excludes halogenated alkanes) is 1. The number of methoxy groups -OCH3 is 1.